The average Bonchev–Trinajstić information content (AvgIpc) is 2.51. The Kier molecular flexibility index (Phi) is 4.51. The molecule has 0 fully saturated rings. The third-order valence-corrected chi connectivity index (χ3v) is 4.40. The third-order valence-electron chi connectivity index (χ3n) is 4.03. The SMILES string of the molecule is Cc1cc2oc(=O)cc(CNCc3ccccc3Cl)c2cc1C. The van der Waals surface area contributed by atoms with Crippen LogP contribution in [0.2, 0.25) is 5.02 Å². The molecule has 0 radical (unpaired) electrons. The van der Waals surface area contributed by atoms with Crippen LogP contribution in [0.15, 0.2) is 51.7 Å². The van der Waals surface area contributed by atoms with Crippen LogP contribution in [0.4, 0.5) is 0 Å². The first kappa shape index (κ1) is 15.8. The van der Waals surface area contributed by atoms with Gasteiger partial charge in [0.15, 0.2) is 0 Å². The summed E-state index contributed by atoms with van der Waals surface area (Å²) in [6.45, 7) is 5.29. The third kappa shape index (κ3) is 3.46. The predicted molar refractivity (Wildman–Crippen MR) is 94.0 cm³/mol. The van der Waals surface area contributed by atoms with E-state index in [2.05, 4.69) is 18.3 Å². The smallest absolute Gasteiger partial charge is 0.336 e. The van der Waals surface area contributed by atoms with Crippen LogP contribution in [0.3, 0.4) is 0 Å². The van der Waals surface area contributed by atoms with Crippen molar-refractivity contribution in [3.05, 3.63) is 80.2 Å². The Morgan fingerprint density at radius 1 is 1.00 bits per heavy atom. The molecule has 2 aromatic carbocycles. The second kappa shape index (κ2) is 6.57. The zero-order chi connectivity index (χ0) is 16.4. The normalized spacial score (nSPS) is 11.1. The van der Waals surface area contributed by atoms with Crippen LogP contribution in [0.5, 0.6) is 0 Å². The lowest BCUT2D eigenvalue weighted by atomic mass is 10.0. The standard InChI is InChI=1S/C19H18ClNO2/c1-12-7-16-15(9-19(22)23-18(16)8-13(12)2)11-21-10-14-5-3-4-6-17(14)20/h3-9,21H,10-11H2,1-2H3. The minimum absolute atomic E-state index is 0.324. The number of rotatable bonds is 4. The van der Waals surface area contributed by atoms with Crippen LogP contribution >= 0.6 is 11.6 Å². The van der Waals surface area contributed by atoms with Crippen molar-refractivity contribution < 1.29 is 4.42 Å². The largest absolute Gasteiger partial charge is 0.423 e. The van der Waals surface area contributed by atoms with E-state index >= 15 is 0 Å². The molecule has 0 aliphatic carbocycles. The van der Waals surface area contributed by atoms with Gasteiger partial charge in [0.2, 0.25) is 0 Å². The molecule has 0 bridgehead atoms. The first-order valence-corrected chi connectivity index (χ1v) is 7.90. The summed E-state index contributed by atoms with van der Waals surface area (Å²) in [6.07, 6.45) is 0. The molecule has 0 unspecified atom stereocenters. The summed E-state index contributed by atoms with van der Waals surface area (Å²) in [5, 5.41) is 5.06. The van der Waals surface area contributed by atoms with Crippen molar-refractivity contribution in [2.24, 2.45) is 0 Å². The van der Waals surface area contributed by atoms with Gasteiger partial charge in [-0.25, -0.2) is 4.79 Å². The lowest BCUT2D eigenvalue weighted by Gasteiger charge is -2.10. The zero-order valence-electron chi connectivity index (χ0n) is 13.2. The second-order valence-corrected chi connectivity index (χ2v) is 6.13. The summed E-state index contributed by atoms with van der Waals surface area (Å²) in [4.78, 5) is 11.8. The van der Waals surface area contributed by atoms with Crippen LogP contribution in [0, 0.1) is 13.8 Å². The summed E-state index contributed by atoms with van der Waals surface area (Å²) < 4.78 is 5.32. The van der Waals surface area contributed by atoms with Crippen LogP contribution in [-0.2, 0) is 13.1 Å². The highest BCUT2D eigenvalue weighted by Gasteiger charge is 2.08. The van der Waals surface area contributed by atoms with Crippen molar-refractivity contribution in [2.45, 2.75) is 26.9 Å². The highest BCUT2D eigenvalue weighted by Crippen LogP contribution is 2.22. The van der Waals surface area contributed by atoms with Gasteiger partial charge in [0.1, 0.15) is 5.58 Å². The first-order chi connectivity index (χ1) is 11.0. The van der Waals surface area contributed by atoms with E-state index in [0.29, 0.717) is 18.7 Å². The van der Waals surface area contributed by atoms with Crippen molar-refractivity contribution in [2.75, 3.05) is 0 Å². The molecule has 0 atom stereocenters. The first-order valence-electron chi connectivity index (χ1n) is 7.52. The summed E-state index contributed by atoms with van der Waals surface area (Å²) in [7, 11) is 0. The summed E-state index contributed by atoms with van der Waals surface area (Å²) in [5.41, 5.74) is 4.57. The maximum absolute atomic E-state index is 11.8. The molecular weight excluding hydrogens is 310 g/mol. The fraction of sp³-hybridized carbons (Fsp3) is 0.211. The van der Waals surface area contributed by atoms with Crippen molar-refractivity contribution >= 4 is 22.6 Å². The molecule has 4 heteroatoms. The molecule has 0 spiro atoms. The van der Waals surface area contributed by atoms with Gasteiger partial charge < -0.3 is 9.73 Å². The lowest BCUT2D eigenvalue weighted by Crippen LogP contribution is -2.15. The Hall–Kier alpha value is -2.10. The van der Waals surface area contributed by atoms with E-state index in [1.807, 2.05) is 37.3 Å². The number of hydrogen-bond donors (Lipinski definition) is 1. The van der Waals surface area contributed by atoms with E-state index in [4.69, 9.17) is 16.0 Å². The molecule has 1 aromatic heterocycles. The summed E-state index contributed by atoms with van der Waals surface area (Å²) >= 11 is 6.16. The minimum Gasteiger partial charge on any atom is -0.423 e. The van der Waals surface area contributed by atoms with Crippen LogP contribution in [0.25, 0.3) is 11.0 Å². The molecule has 1 N–H and O–H groups in total. The van der Waals surface area contributed by atoms with Crippen molar-refractivity contribution in [1.82, 2.24) is 5.32 Å². The van der Waals surface area contributed by atoms with Gasteiger partial charge in [0.25, 0.3) is 0 Å². The van der Waals surface area contributed by atoms with Crippen LogP contribution < -0.4 is 10.9 Å². The number of fused-ring (bicyclic) bond motifs is 1. The fourth-order valence-corrected chi connectivity index (χ4v) is 2.81. The number of hydrogen-bond acceptors (Lipinski definition) is 3. The van der Waals surface area contributed by atoms with Crippen molar-refractivity contribution in [3.8, 4) is 0 Å². The monoisotopic (exact) mass is 327 g/mol. The van der Waals surface area contributed by atoms with E-state index in [0.717, 1.165) is 27.1 Å². The fourth-order valence-electron chi connectivity index (χ4n) is 2.60. The molecular formula is C19H18ClNO2. The van der Waals surface area contributed by atoms with E-state index in [1.54, 1.807) is 6.07 Å². The molecule has 0 aliphatic heterocycles. The van der Waals surface area contributed by atoms with Gasteiger partial charge in [-0.2, -0.15) is 0 Å². The molecule has 1 heterocycles. The maximum Gasteiger partial charge on any atom is 0.336 e. The molecule has 0 aliphatic rings. The summed E-state index contributed by atoms with van der Waals surface area (Å²) in [6, 6.07) is 13.3. The average molecular weight is 328 g/mol. The van der Waals surface area contributed by atoms with Crippen molar-refractivity contribution in [3.63, 3.8) is 0 Å². The van der Waals surface area contributed by atoms with Gasteiger partial charge >= 0.3 is 5.63 Å². The maximum atomic E-state index is 11.8. The molecule has 0 saturated heterocycles. The number of benzene rings is 2. The Morgan fingerprint density at radius 3 is 2.48 bits per heavy atom. The second-order valence-electron chi connectivity index (χ2n) is 5.72. The van der Waals surface area contributed by atoms with E-state index in [-0.39, 0.29) is 5.63 Å². The molecule has 0 saturated carbocycles. The molecule has 118 valence electrons. The Bertz CT molecular complexity index is 915. The molecule has 3 aromatic rings. The Morgan fingerprint density at radius 2 is 1.70 bits per heavy atom. The van der Waals surface area contributed by atoms with Gasteiger partial charge in [-0.3, -0.25) is 0 Å². The number of aryl methyl sites for hydroxylation is 2. The van der Waals surface area contributed by atoms with Crippen molar-refractivity contribution in [1.29, 1.82) is 0 Å². The van der Waals surface area contributed by atoms with E-state index in [1.165, 1.54) is 5.56 Å². The molecule has 3 nitrogen and oxygen atoms in total. The van der Waals surface area contributed by atoms with Gasteiger partial charge in [0.05, 0.1) is 0 Å². The van der Waals surface area contributed by atoms with Crippen LogP contribution in [0.1, 0.15) is 22.3 Å². The zero-order valence-corrected chi connectivity index (χ0v) is 13.9. The van der Waals surface area contributed by atoms with Crippen LogP contribution in [-0.4, -0.2) is 0 Å². The Labute approximate surface area is 139 Å². The topological polar surface area (TPSA) is 42.2 Å². The van der Waals surface area contributed by atoms with Gasteiger partial charge in [0, 0.05) is 29.6 Å². The highest BCUT2D eigenvalue weighted by molar-refractivity contribution is 6.31. The van der Waals surface area contributed by atoms with Gasteiger partial charge in [-0.05, 0) is 54.3 Å². The lowest BCUT2D eigenvalue weighted by molar-refractivity contribution is 0.556. The van der Waals surface area contributed by atoms with Gasteiger partial charge in [-0.1, -0.05) is 29.8 Å². The minimum atomic E-state index is -0.324. The molecule has 3 rings (SSSR count). The van der Waals surface area contributed by atoms with Gasteiger partial charge in [-0.15, -0.1) is 0 Å². The predicted octanol–water partition coefficient (Wildman–Crippen LogP) is 4.35. The number of nitrogens with one attached hydrogen (secondary N) is 1. The molecule has 0 amide bonds. The van der Waals surface area contributed by atoms with E-state index in [9.17, 15) is 4.79 Å². The summed E-state index contributed by atoms with van der Waals surface area (Å²) in [5.74, 6) is 0. The number of halogens is 1. The highest BCUT2D eigenvalue weighted by atomic mass is 35.5. The molecule has 23 heavy (non-hydrogen) atoms. The quantitative estimate of drug-likeness (QED) is 0.724. The van der Waals surface area contributed by atoms with E-state index < -0.39 is 0 Å². The Balaban J connectivity index is 1.86.